The number of amides is 2. The number of halogens is 1. The molecule has 1 aromatic heterocycles. The van der Waals surface area contributed by atoms with Gasteiger partial charge in [0.05, 0.1) is 16.5 Å². The molecule has 158 valence electrons. The van der Waals surface area contributed by atoms with E-state index in [0.29, 0.717) is 19.4 Å². The Morgan fingerprint density at radius 1 is 1.43 bits per heavy atom. The van der Waals surface area contributed by atoms with Gasteiger partial charge >= 0.3 is 11.6 Å². The van der Waals surface area contributed by atoms with E-state index in [1.54, 1.807) is 18.2 Å². The van der Waals surface area contributed by atoms with Crippen LogP contribution < -0.4 is 20.7 Å². The number of ether oxygens (including phenoxy) is 1. The third kappa shape index (κ3) is 4.57. The number of carbonyl (C=O) groups excluding carboxylic acids is 2. The summed E-state index contributed by atoms with van der Waals surface area (Å²) < 4.78 is 5.62. The van der Waals surface area contributed by atoms with E-state index in [-0.39, 0.29) is 29.0 Å². The summed E-state index contributed by atoms with van der Waals surface area (Å²) in [5, 5.41) is 14.5. The molecule has 3 N–H and O–H groups in total. The normalized spacial score (nSPS) is 15.7. The molecule has 0 bridgehead atoms. The SMILES string of the molecule is Cc1ccc(Oc2ncnc(N3CCCC3C(=O)NCC(N)=O)c2[N+](=O)[O-])c(Cl)c1. The number of nitrogens with one attached hydrogen (secondary N) is 1. The topological polar surface area (TPSA) is 154 Å². The molecular formula is C18H19ClN6O5. The highest BCUT2D eigenvalue weighted by Crippen LogP contribution is 2.40. The summed E-state index contributed by atoms with van der Waals surface area (Å²) in [4.78, 5) is 44.0. The van der Waals surface area contributed by atoms with Gasteiger partial charge in [0.25, 0.3) is 0 Å². The third-order valence-corrected chi connectivity index (χ3v) is 4.81. The van der Waals surface area contributed by atoms with Gasteiger partial charge in [-0.15, -0.1) is 0 Å². The molecule has 1 aliphatic rings. The van der Waals surface area contributed by atoms with Crippen LogP contribution in [-0.4, -0.2) is 45.8 Å². The minimum absolute atomic E-state index is 0.0510. The fourth-order valence-electron chi connectivity index (χ4n) is 3.18. The van der Waals surface area contributed by atoms with Crippen molar-refractivity contribution < 1.29 is 19.2 Å². The summed E-state index contributed by atoms with van der Waals surface area (Å²) in [6, 6.07) is 4.24. The second-order valence-corrected chi connectivity index (χ2v) is 7.09. The van der Waals surface area contributed by atoms with Crippen molar-refractivity contribution in [1.29, 1.82) is 0 Å². The monoisotopic (exact) mass is 434 g/mol. The molecule has 1 atom stereocenters. The molecule has 0 aliphatic carbocycles. The predicted molar refractivity (Wildman–Crippen MR) is 108 cm³/mol. The summed E-state index contributed by atoms with van der Waals surface area (Å²) in [5.41, 5.74) is 5.47. The van der Waals surface area contributed by atoms with Gasteiger partial charge in [-0.25, -0.2) is 4.98 Å². The second kappa shape index (κ2) is 8.91. The summed E-state index contributed by atoms with van der Waals surface area (Å²) in [6.07, 6.45) is 2.16. The van der Waals surface area contributed by atoms with Crippen LogP contribution in [0, 0.1) is 17.0 Å². The van der Waals surface area contributed by atoms with Crippen LogP contribution in [0.5, 0.6) is 11.6 Å². The van der Waals surface area contributed by atoms with E-state index in [1.807, 2.05) is 6.92 Å². The van der Waals surface area contributed by atoms with Gasteiger partial charge in [0.1, 0.15) is 18.1 Å². The Morgan fingerprint density at radius 2 is 2.20 bits per heavy atom. The molecule has 1 fully saturated rings. The zero-order chi connectivity index (χ0) is 21.8. The number of nitrogens with zero attached hydrogens (tertiary/aromatic N) is 4. The number of nitrogens with two attached hydrogens (primary N) is 1. The van der Waals surface area contributed by atoms with Crippen molar-refractivity contribution >= 4 is 34.9 Å². The van der Waals surface area contributed by atoms with Gasteiger partial charge in [-0.3, -0.25) is 19.7 Å². The largest absolute Gasteiger partial charge is 0.432 e. The fourth-order valence-corrected chi connectivity index (χ4v) is 3.45. The van der Waals surface area contributed by atoms with Crippen molar-refractivity contribution in [2.75, 3.05) is 18.0 Å². The van der Waals surface area contributed by atoms with Crippen LogP contribution in [-0.2, 0) is 9.59 Å². The van der Waals surface area contributed by atoms with Gasteiger partial charge in [0.15, 0.2) is 0 Å². The molecular weight excluding hydrogens is 416 g/mol. The lowest BCUT2D eigenvalue weighted by Gasteiger charge is -2.24. The summed E-state index contributed by atoms with van der Waals surface area (Å²) in [5.74, 6) is -1.30. The molecule has 11 nitrogen and oxygen atoms in total. The molecule has 1 aromatic carbocycles. The van der Waals surface area contributed by atoms with Gasteiger partial charge < -0.3 is 20.7 Å². The number of rotatable bonds is 7. The maximum Gasteiger partial charge on any atom is 0.373 e. The Hall–Kier alpha value is -3.47. The number of aryl methyl sites for hydroxylation is 1. The van der Waals surface area contributed by atoms with Crippen molar-refractivity contribution in [2.24, 2.45) is 5.73 Å². The van der Waals surface area contributed by atoms with Crippen molar-refractivity contribution in [1.82, 2.24) is 15.3 Å². The zero-order valence-electron chi connectivity index (χ0n) is 16.0. The molecule has 2 amide bonds. The van der Waals surface area contributed by atoms with Crippen LogP contribution >= 0.6 is 11.6 Å². The maximum atomic E-state index is 12.4. The van der Waals surface area contributed by atoms with Crippen molar-refractivity contribution in [3.8, 4) is 11.6 Å². The van der Waals surface area contributed by atoms with Crippen molar-refractivity contribution in [2.45, 2.75) is 25.8 Å². The number of benzene rings is 1. The number of aromatic nitrogens is 2. The average molecular weight is 435 g/mol. The zero-order valence-corrected chi connectivity index (χ0v) is 16.8. The van der Waals surface area contributed by atoms with Gasteiger partial charge in [0, 0.05) is 6.54 Å². The molecule has 0 radical (unpaired) electrons. The Balaban J connectivity index is 1.95. The van der Waals surface area contributed by atoms with Gasteiger partial charge in [-0.05, 0) is 37.5 Å². The Labute approximate surface area is 176 Å². The van der Waals surface area contributed by atoms with E-state index in [4.69, 9.17) is 22.1 Å². The lowest BCUT2D eigenvalue weighted by molar-refractivity contribution is -0.385. The summed E-state index contributed by atoms with van der Waals surface area (Å²) in [7, 11) is 0. The molecule has 30 heavy (non-hydrogen) atoms. The van der Waals surface area contributed by atoms with Gasteiger partial charge in [0.2, 0.25) is 17.6 Å². The van der Waals surface area contributed by atoms with Gasteiger partial charge in [-0.1, -0.05) is 17.7 Å². The molecule has 1 unspecified atom stereocenters. The van der Waals surface area contributed by atoms with Crippen LogP contribution in [0.3, 0.4) is 0 Å². The number of primary amides is 1. The van der Waals surface area contributed by atoms with Crippen LogP contribution in [0.25, 0.3) is 0 Å². The maximum absolute atomic E-state index is 12.4. The molecule has 1 saturated heterocycles. The van der Waals surface area contributed by atoms with Crippen molar-refractivity contribution in [3.63, 3.8) is 0 Å². The number of hydrogen-bond acceptors (Lipinski definition) is 8. The highest BCUT2D eigenvalue weighted by atomic mass is 35.5. The van der Waals surface area contributed by atoms with E-state index in [1.165, 1.54) is 4.90 Å². The lowest BCUT2D eigenvalue weighted by Crippen LogP contribution is -2.46. The highest BCUT2D eigenvalue weighted by Gasteiger charge is 2.38. The molecule has 3 rings (SSSR count). The van der Waals surface area contributed by atoms with E-state index in [2.05, 4.69) is 15.3 Å². The average Bonchev–Trinajstić information content (AvgIpc) is 3.17. The summed E-state index contributed by atoms with van der Waals surface area (Å²) >= 11 is 6.16. The van der Waals surface area contributed by atoms with Crippen LogP contribution in [0.1, 0.15) is 18.4 Å². The Morgan fingerprint density at radius 3 is 2.87 bits per heavy atom. The van der Waals surface area contributed by atoms with E-state index in [0.717, 1.165) is 11.9 Å². The molecule has 0 saturated carbocycles. The number of nitro groups is 1. The van der Waals surface area contributed by atoms with E-state index >= 15 is 0 Å². The minimum atomic E-state index is -0.742. The first kappa shape index (κ1) is 21.2. The number of carbonyl (C=O) groups is 2. The molecule has 12 heteroatoms. The minimum Gasteiger partial charge on any atom is -0.432 e. The third-order valence-electron chi connectivity index (χ3n) is 4.51. The van der Waals surface area contributed by atoms with Crippen molar-refractivity contribution in [3.05, 3.63) is 45.2 Å². The summed E-state index contributed by atoms with van der Waals surface area (Å²) in [6.45, 7) is 1.88. The lowest BCUT2D eigenvalue weighted by atomic mass is 10.2. The number of hydrogen-bond donors (Lipinski definition) is 2. The van der Waals surface area contributed by atoms with Crippen LogP contribution in [0.15, 0.2) is 24.5 Å². The van der Waals surface area contributed by atoms with Crippen LogP contribution in [0.2, 0.25) is 5.02 Å². The smallest absolute Gasteiger partial charge is 0.373 e. The fraction of sp³-hybridized carbons (Fsp3) is 0.333. The van der Waals surface area contributed by atoms with E-state index < -0.39 is 28.5 Å². The molecule has 1 aliphatic heterocycles. The second-order valence-electron chi connectivity index (χ2n) is 6.68. The molecule has 0 spiro atoms. The molecule has 2 heterocycles. The quantitative estimate of drug-likeness (QED) is 0.493. The first-order valence-corrected chi connectivity index (χ1v) is 9.41. The predicted octanol–water partition coefficient (Wildman–Crippen LogP) is 1.71. The number of anilines is 1. The van der Waals surface area contributed by atoms with E-state index in [9.17, 15) is 19.7 Å². The van der Waals surface area contributed by atoms with Gasteiger partial charge in [-0.2, -0.15) is 4.98 Å². The first-order valence-electron chi connectivity index (χ1n) is 9.04. The molecule has 2 aromatic rings. The highest BCUT2D eigenvalue weighted by molar-refractivity contribution is 6.32. The Bertz CT molecular complexity index is 1000. The van der Waals surface area contributed by atoms with Crippen LogP contribution in [0.4, 0.5) is 11.5 Å². The Kier molecular flexibility index (Phi) is 6.31. The standard InChI is InChI=1S/C18H19ClN6O5/c1-10-4-5-13(11(19)7-10)30-18-15(25(28)29)16(22-9-23-18)24-6-2-3-12(24)17(27)21-8-14(20)26/h4-5,7,9,12H,2-3,6,8H2,1H3,(H2,20,26)(H,21,27). The first-order chi connectivity index (χ1) is 14.3.